The van der Waals surface area contributed by atoms with Crippen LogP contribution >= 0.6 is 11.6 Å². The van der Waals surface area contributed by atoms with Gasteiger partial charge in [-0.3, -0.25) is 0 Å². The van der Waals surface area contributed by atoms with E-state index in [1.54, 1.807) is 6.07 Å². The molecule has 1 unspecified atom stereocenters. The van der Waals surface area contributed by atoms with Gasteiger partial charge in [0, 0.05) is 17.7 Å². The summed E-state index contributed by atoms with van der Waals surface area (Å²) in [4.78, 5) is 10.5. The number of aldehydes is 1. The first-order valence-corrected chi connectivity index (χ1v) is 5.20. The van der Waals surface area contributed by atoms with Crippen molar-refractivity contribution in [2.45, 2.75) is 13.3 Å². The van der Waals surface area contributed by atoms with Crippen molar-refractivity contribution in [3.8, 4) is 0 Å². The molecule has 0 amide bonds. The molecule has 0 spiro atoms. The molecule has 0 aliphatic rings. The van der Waals surface area contributed by atoms with Crippen LogP contribution in [0.4, 0.5) is 0 Å². The molecule has 0 saturated heterocycles. The van der Waals surface area contributed by atoms with Crippen molar-refractivity contribution < 1.29 is 9.21 Å². The fourth-order valence-corrected chi connectivity index (χ4v) is 1.77. The molecule has 0 aliphatic heterocycles. The summed E-state index contributed by atoms with van der Waals surface area (Å²) in [6.07, 6.45) is 1.54. The van der Waals surface area contributed by atoms with E-state index in [9.17, 15) is 4.79 Å². The maximum atomic E-state index is 10.5. The van der Waals surface area contributed by atoms with E-state index in [-0.39, 0.29) is 5.92 Å². The molecule has 1 aromatic heterocycles. The van der Waals surface area contributed by atoms with Gasteiger partial charge in [-0.1, -0.05) is 30.7 Å². The van der Waals surface area contributed by atoms with Gasteiger partial charge in [0.1, 0.15) is 12.0 Å². The van der Waals surface area contributed by atoms with E-state index in [1.807, 2.05) is 25.1 Å². The number of furan rings is 1. The van der Waals surface area contributed by atoms with Crippen LogP contribution in [0, 0.1) is 5.92 Å². The van der Waals surface area contributed by atoms with E-state index >= 15 is 0 Å². The van der Waals surface area contributed by atoms with Gasteiger partial charge in [0.25, 0.3) is 0 Å². The summed E-state index contributed by atoms with van der Waals surface area (Å²) >= 11 is 5.98. The molecule has 3 heteroatoms. The molecule has 1 aromatic carbocycles. The minimum Gasteiger partial charge on any atom is -0.459 e. The van der Waals surface area contributed by atoms with Crippen LogP contribution in [0.3, 0.4) is 0 Å². The highest BCUT2D eigenvalue weighted by Gasteiger charge is 2.09. The highest BCUT2D eigenvalue weighted by Crippen LogP contribution is 2.27. The number of halogens is 1. The summed E-state index contributed by atoms with van der Waals surface area (Å²) < 4.78 is 5.58. The minimum absolute atomic E-state index is 0.0238. The van der Waals surface area contributed by atoms with Crippen LogP contribution < -0.4 is 0 Å². The average Bonchev–Trinajstić information content (AvgIpc) is 2.62. The normalized spacial score (nSPS) is 12.9. The first-order valence-electron chi connectivity index (χ1n) is 4.83. The van der Waals surface area contributed by atoms with Crippen LogP contribution in [-0.4, -0.2) is 6.29 Å². The summed E-state index contributed by atoms with van der Waals surface area (Å²) in [7, 11) is 0. The fourth-order valence-electron chi connectivity index (χ4n) is 1.55. The molecular weight excluding hydrogens is 212 g/mol. The van der Waals surface area contributed by atoms with E-state index in [4.69, 9.17) is 16.0 Å². The number of carbonyl (C=O) groups excluding carboxylic acids is 1. The summed E-state index contributed by atoms with van der Waals surface area (Å²) in [6.45, 7) is 1.86. The number of fused-ring (bicyclic) bond motifs is 1. The molecule has 78 valence electrons. The molecule has 2 rings (SSSR count). The van der Waals surface area contributed by atoms with Gasteiger partial charge in [-0.25, -0.2) is 0 Å². The van der Waals surface area contributed by atoms with Crippen LogP contribution in [0.15, 0.2) is 28.7 Å². The Morgan fingerprint density at radius 3 is 3.00 bits per heavy atom. The Labute approximate surface area is 92.8 Å². The van der Waals surface area contributed by atoms with Gasteiger partial charge in [-0.15, -0.1) is 0 Å². The lowest BCUT2D eigenvalue weighted by molar-refractivity contribution is -0.110. The average molecular weight is 223 g/mol. The first-order chi connectivity index (χ1) is 7.20. The second-order valence-electron chi connectivity index (χ2n) is 3.69. The van der Waals surface area contributed by atoms with Crippen molar-refractivity contribution in [2.24, 2.45) is 5.92 Å². The zero-order valence-electron chi connectivity index (χ0n) is 8.37. The van der Waals surface area contributed by atoms with Crippen LogP contribution in [0.5, 0.6) is 0 Å². The quantitative estimate of drug-likeness (QED) is 0.745. The number of benzene rings is 1. The van der Waals surface area contributed by atoms with Crippen molar-refractivity contribution in [1.82, 2.24) is 0 Å². The number of carbonyl (C=O) groups is 1. The highest BCUT2D eigenvalue weighted by atomic mass is 35.5. The highest BCUT2D eigenvalue weighted by molar-refractivity contribution is 6.34. The zero-order chi connectivity index (χ0) is 10.8. The summed E-state index contributed by atoms with van der Waals surface area (Å²) in [5, 5.41) is 1.59. The lowest BCUT2D eigenvalue weighted by Crippen LogP contribution is -1.98. The zero-order valence-corrected chi connectivity index (χ0v) is 9.12. The molecule has 2 nitrogen and oxygen atoms in total. The van der Waals surface area contributed by atoms with Gasteiger partial charge in [-0.05, 0) is 12.1 Å². The van der Waals surface area contributed by atoms with Gasteiger partial charge >= 0.3 is 0 Å². The molecule has 2 aromatic rings. The van der Waals surface area contributed by atoms with Crippen molar-refractivity contribution in [2.75, 3.05) is 0 Å². The molecule has 1 atom stereocenters. The van der Waals surface area contributed by atoms with Gasteiger partial charge in [-0.2, -0.15) is 0 Å². The molecule has 15 heavy (non-hydrogen) atoms. The Morgan fingerprint density at radius 2 is 2.33 bits per heavy atom. The van der Waals surface area contributed by atoms with Crippen molar-refractivity contribution in [1.29, 1.82) is 0 Å². The Balaban J connectivity index is 2.39. The molecule has 1 heterocycles. The smallest absolute Gasteiger partial charge is 0.152 e. The lowest BCUT2D eigenvalue weighted by atomic mass is 10.1. The Hall–Kier alpha value is -1.28. The number of hydrogen-bond donors (Lipinski definition) is 0. The van der Waals surface area contributed by atoms with Crippen molar-refractivity contribution in [3.05, 3.63) is 35.0 Å². The van der Waals surface area contributed by atoms with Crippen LogP contribution in [0.25, 0.3) is 11.0 Å². The predicted octanol–water partition coefficient (Wildman–Crippen LogP) is 3.46. The van der Waals surface area contributed by atoms with Gasteiger partial charge in [0.2, 0.25) is 0 Å². The largest absolute Gasteiger partial charge is 0.459 e. The molecule has 0 fully saturated rings. The fraction of sp³-hybridized carbons (Fsp3) is 0.250. The number of rotatable bonds is 3. The van der Waals surface area contributed by atoms with Crippen LogP contribution in [-0.2, 0) is 11.2 Å². The predicted molar refractivity (Wildman–Crippen MR) is 60.2 cm³/mol. The van der Waals surface area contributed by atoms with Crippen molar-refractivity contribution in [3.63, 3.8) is 0 Å². The third-order valence-corrected chi connectivity index (χ3v) is 2.60. The Bertz CT molecular complexity index is 487. The molecule has 0 bridgehead atoms. The van der Waals surface area contributed by atoms with E-state index in [0.717, 1.165) is 17.4 Å². The number of hydrogen-bond acceptors (Lipinski definition) is 2. The maximum Gasteiger partial charge on any atom is 0.152 e. The summed E-state index contributed by atoms with van der Waals surface area (Å²) in [5.41, 5.74) is 0.701. The standard InChI is InChI=1S/C12H11ClO2/c1-8(7-14)5-10-6-9-3-2-4-11(13)12(9)15-10/h2-4,6-8H,5H2,1H3. The second kappa shape index (κ2) is 4.07. The number of para-hydroxylation sites is 1. The monoisotopic (exact) mass is 222 g/mol. The van der Waals surface area contributed by atoms with Crippen LogP contribution in [0.2, 0.25) is 5.02 Å². The third-order valence-electron chi connectivity index (χ3n) is 2.30. The second-order valence-corrected chi connectivity index (χ2v) is 4.10. The molecule has 0 N–H and O–H groups in total. The summed E-state index contributed by atoms with van der Waals surface area (Å²) in [5.74, 6) is 0.780. The lowest BCUT2D eigenvalue weighted by Gasteiger charge is -1.97. The molecular formula is C12H11ClO2. The SMILES string of the molecule is CC(C=O)Cc1cc2cccc(Cl)c2o1. The molecule has 0 saturated carbocycles. The minimum atomic E-state index is -0.0238. The van der Waals surface area contributed by atoms with E-state index in [2.05, 4.69) is 0 Å². The van der Waals surface area contributed by atoms with E-state index < -0.39 is 0 Å². The topological polar surface area (TPSA) is 30.2 Å². The molecule has 0 aliphatic carbocycles. The Morgan fingerprint density at radius 1 is 1.53 bits per heavy atom. The third kappa shape index (κ3) is 2.05. The maximum absolute atomic E-state index is 10.5. The molecule has 0 radical (unpaired) electrons. The van der Waals surface area contributed by atoms with Crippen molar-refractivity contribution >= 4 is 28.9 Å². The van der Waals surface area contributed by atoms with Gasteiger partial charge in [0.15, 0.2) is 5.58 Å². The van der Waals surface area contributed by atoms with Gasteiger partial charge < -0.3 is 9.21 Å². The Kier molecular flexibility index (Phi) is 2.78. The van der Waals surface area contributed by atoms with E-state index in [1.165, 1.54) is 0 Å². The van der Waals surface area contributed by atoms with E-state index in [0.29, 0.717) is 17.0 Å². The van der Waals surface area contributed by atoms with Gasteiger partial charge in [0.05, 0.1) is 5.02 Å². The van der Waals surface area contributed by atoms with Crippen LogP contribution in [0.1, 0.15) is 12.7 Å². The summed E-state index contributed by atoms with van der Waals surface area (Å²) in [6, 6.07) is 7.55. The first kappa shape index (κ1) is 10.2.